The van der Waals surface area contributed by atoms with Crippen LogP contribution in [-0.4, -0.2) is 55.0 Å². The van der Waals surface area contributed by atoms with Crippen LogP contribution in [0, 0.1) is 5.92 Å². The molecule has 2 unspecified atom stereocenters. The highest BCUT2D eigenvalue weighted by Gasteiger charge is 2.28. The molecule has 3 N–H and O–H groups in total. The highest BCUT2D eigenvalue weighted by atomic mass is 35.5. The Morgan fingerprint density at radius 1 is 1.39 bits per heavy atom. The molecular weight excluding hydrogens is 338 g/mol. The monoisotopic (exact) mass is 357 g/mol. The molecule has 0 saturated carbocycles. The quantitative estimate of drug-likeness (QED) is 0.719. The maximum atomic E-state index is 12.1. The number of hydrogen-bond donors (Lipinski definition) is 3. The third-order valence-electron chi connectivity index (χ3n) is 3.98. The van der Waals surface area contributed by atoms with Gasteiger partial charge in [-0.25, -0.2) is 0 Å². The number of nitrogens with zero attached hydrogens (tertiary/aromatic N) is 1. The number of aliphatic hydroxyl groups excluding tert-OH is 1. The van der Waals surface area contributed by atoms with Crippen LogP contribution in [0.5, 0.6) is 0 Å². The summed E-state index contributed by atoms with van der Waals surface area (Å²) in [6, 6.07) is 7.60. The minimum atomic E-state index is -0.422. The summed E-state index contributed by atoms with van der Waals surface area (Å²) < 4.78 is 0. The lowest BCUT2D eigenvalue weighted by Crippen LogP contribution is -2.45. The Labute approximate surface area is 145 Å². The van der Waals surface area contributed by atoms with Gasteiger partial charge in [0.25, 0.3) is 0 Å². The van der Waals surface area contributed by atoms with E-state index >= 15 is 0 Å². The van der Waals surface area contributed by atoms with Crippen LogP contribution in [0.1, 0.15) is 0 Å². The fourth-order valence-corrected chi connectivity index (χ4v) is 3.63. The second-order valence-corrected chi connectivity index (χ2v) is 6.54. The molecular formula is C15H20ClN3O3S. The van der Waals surface area contributed by atoms with Crippen molar-refractivity contribution in [3.8, 4) is 0 Å². The molecule has 0 aromatic heterocycles. The average Bonchev–Trinajstić information content (AvgIpc) is 2.93. The predicted molar refractivity (Wildman–Crippen MR) is 92.1 cm³/mol. The zero-order valence-corrected chi connectivity index (χ0v) is 14.2. The number of nitrogens with one attached hydrogen (secondary N) is 2. The molecule has 6 nitrogen and oxygen atoms in total. The van der Waals surface area contributed by atoms with Crippen LogP contribution in [-0.2, 0) is 9.59 Å². The zero-order chi connectivity index (χ0) is 15.5. The average molecular weight is 358 g/mol. The van der Waals surface area contributed by atoms with Crippen LogP contribution in [0.3, 0.4) is 0 Å². The zero-order valence-electron chi connectivity index (χ0n) is 12.5. The molecule has 2 aliphatic rings. The van der Waals surface area contributed by atoms with Crippen molar-refractivity contribution < 1.29 is 14.7 Å². The SMILES string of the molecule is Cl.O=C(CN1C(=O)CSc2ccccc21)NCC1CNCC1O. The molecule has 126 valence electrons. The lowest BCUT2D eigenvalue weighted by atomic mass is 10.1. The Morgan fingerprint density at radius 2 is 2.17 bits per heavy atom. The van der Waals surface area contributed by atoms with Crippen molar-refractivity contribution in [1.29, 1.82) is 0 Å². The molecule has 1 aromatic rings. The van der Waals surface area contributed by atoms with Crippen LogP contribution < -0.4 is 15.5 Å². The number of halogens is 1. The van der Waals surface area contributed by atoms with Crippen LogP contribution in [0.25, 0.3) is 0 Å². The highest BCUT2D eigenvalue weighted by Crippen LogP contribution is 2.34. The van der Waals surface area contributed by atoms with Gasteiger partial charge >= 0.3 is 0 Å². The van der Waals surface area contributed by atoms with Crippen LogP contribution in [0.2, 0.25) is 0 Å². The Balaban J connectivity index is 0.00000192. The lowest BCUT2D eigenvalue weighted by Gasteiger charge is -2.28. The maximum absolute atomic E-state index is 12.1. The fourth-order valence-electron chi connectivity index (χ4n) is 2.70. The summed E-state index contributed by atoms with van der Waals surface area (Å²) in [5, 5.41) is 15.6. The molecule has 0 spiro atoms. The molecule has 3 rings (SSSR count). The predicted octanol–water partition coefficient (Wildman–Crippen LogP) is 0.244. The smallest absolute Gasteiger partial charge is 0.240 e. The van der Waals surface area contributed by atoms with E-state index in [4.69, 9.17) is 0 Å². The molecule has 8 heteroatoms. The van der Waals surface area contributed by atoms with Gasteiger partial charge in [-0.2, -0.15) is 0 Å². The Bertz CT molecular complexity index is 587. The molecule has 0 radical (unpaired) electrons. The number of thioether (sulfide) groups is 1. The van der Waals surface area contributed by atoms with Crippen molar-refractivity contribution in [2.75, 3.05) is 36.8 Å². The highest BCUT2D eigenvalue weighted by molar-refractivity contribution is 8.00. The summed E-state index contributed by atoms with van der Waals surface area (Å²) in [5.41, 5.74) is 0.793. The minimum absolute atomic E-state index is 0. The van der Waals surface area contributed by atoms with Crippen molar-refractivity contribution in [3.63, 3.8) is 0 Å². The summed E-state index contributed by atoms with van der Waals surface area (Å²) in [6.45, 7) is 1.71. The largest absolute Gasteiger partial charge is 0.391 e. The van der Waals surface area contributed by atoms with Gasteiger partial charge in [0.2, 0.25) is 11.8 Å². The summed E-state index contributed by atoms with van der Waals surface area (Å²) in [7, 11) is 0. The topological polar surface area (TPSA) is 81.7 Å². The standard InChI is InChI=1S/C15H19N3O3S.ClH/c19-12-7-16-5-10(12)6-17-14(20)8-18-11-3-1-2-4-13(11)22-9-15(18)21;/h1-4,10,12,16,19H,5-9H2,(H,17,20);1H. The molecule has 2 atom stereocenters. The Kier molecular flexibility index (Phi) is 6.29. The summed E-state index contributed by atoms with van der Waals surface area (Å²) in [6.07, 6.45) is -0.422. The van der Waals surface area contributed by atoms with E-state index in [2.05, 4.69) is 10.6 Å². The molecule has 1 aromatic carbocycles. The van der Waals surface area contributed by atoms with Crippen molar-refractivity contribution >= 4 is 41.7 Å². The summed E-state index contributed by atoms with van der Waals surface area (Å²) in [5.74, 6) is 0.134. The first-order chi connectivity index (χ1) is 10.6. The van der Waals surface area contributed by atoms with Crippen molar-refractivity contribution in [3.05, 3.63) is 24.3 Å². The van der Waals surface area contributed by atoms with E-state index in [-0.39, 0.29) is 36.7 Å². The number of aliphatic hydroxyl groups is 1. The summed E-state index contributed by atoms with van der Waals surface area (Å²) in [4.78, 5) is 26.7. The molecule has 23 heavy (non-hydrogen) atoms. The molecule has 2 heterocycles. The third-order valence-corrected chi connectivity index (χ3v) is 5.02. The summed E-state index contributed by atoms with van der Waals surface area (Å²) >= 11 is 1.50. The third kappa shape index (κ3) is 4.17. The number of para-hydroxylation sites is 1. The van der Waals surface area contributed by atoms with Crippen LogP contribution in [0.4, 0.5) is 5.69 Å². The lowest BCUT2D eigenvalue weighted by molar-refractivity contribution is -0.123. The second kappa shape index (κ2) is 8.01. The first kappa shape index (κ1) is 18.1. The van der Waals surface area contributed by atoms with Crippen LogP contribution >= 0.6 is 24.2 Å². The van der Waals surface area contributed by atoms with E-state index in [1.807, 2.05) is 24.3 Å². The van der Waals surface area contributed by atoms with E-state index in [1.165, 1.54) is 16.7 Å². The van der Waals surface area contributed by atoms with Crippen molar-refractivity contribution in [1.82, 2.24) is 10.6 Å². The first-order valence-corrected chi connectivity index (χ1v) is 8.31. The Morgan fingerprint density at radius 3 is 2.91 bits per heavy atom. The fraction of sp³-hybridized carbons (Fsp3) is 0.467. The van der Waals surface area contributed by atoms with E-state index in [1.54, 1.807) is 0 Å². The van der Waals surface area contributed by atoms with Gasteiger partial charge in [0.1, 0.15) is 6.54 Å². The number of anilines is 1. The molecule has 1 saturated heterocycles. The number of benzene rings is 1. The van der Waals surface area contributed by atoms with E-state index in [0.29, 0.717) is 25.4 Å². The number of amides is 2. The van der Waals surface area contributed by atoms with Crippen molar-refractivity contribution in [2.45, 2.75) is 11.0 Å². The van der Waals surface area contributed by atoms with E-state index < -0.39 is 6.10 Å². The minimum Gasteiger partial charge on any atom is -0.391 e. The normalized spacial score (nSPS) is 23.2. The molecule has 0 aliphatic carbocycles. The van der Waals surface area contributed by atoms with Crippen LogP contribution in [0.15, 0.2) is 29.2 Å². The molecule has 0 bridgehead atoms. The van der Waals surface area contributed by atoms with Gasteiger partial charge in [0.05, 0.1) is 17.5 Å². The van der Waals surface area contributed by atoms with Gasteiger partial charge in [-0.3, -0.25) is 9.59 Å². The molecule has 2 amide bonds. The van der Waals surface area contributed by atoms with Gasteiger partial charge < -0.3 is 20.6 Å². The van der Waals surface area contributed by atoms with Gasteiger partial charge in [-0.15, -0.1) is 24.2 Å². The number of β-amino-alcohol motifs (C(OH)–C–C–N with tert-alkyl or cyclic N) is 1. The van der Waals surface area contributed by atoms with Crippen molar-refractivity contribution in [2.24, 2.45) is 5.92 Å². The van der Waals surface area contributed by atoms with Gasteiger partial charge in [-0.05, 0) is 12.1 Å². The molecule has 1 fully saturated rings. The van der Waals surface area contributed by atoms with E-state index in [9.17, 15) is 14.7 Å². The number of fused-ring (bicyclic) bond motifs is 1. The van der Waals surface area contributed by atoms with E-state index in [0.717, 1.165) is 10.6 Å². The number of carbonyl (C=O) groups excluding carboxylic acids is 2. The molecule has 2 aliphatic heterocycles. The van der Waals surface area contributed by atoms with Gasteiger partial charge in [-0.1, -0.05) is 12.1 Å². The maximum Gasteiger partial charge on any atom is 0.240 e. The first-order valence-electron chi connectivity index (χ1n) is 7.33. The van der Waals surface area contributed by atoms with Gasteiger partial charge in [0, 0.05) is 30.4 Å². The second-order valence-electron chi connectivity index (χ2n) is 5.53. The number of rotatable bonds is 4. The van der Waals surface area contributed by atoms with Gasteiger partial charge in [0.15, 0.2) is 0 Å². The number of carbonyl (C=O) groups is 2. The number of hydrogen-bond acceptors (Lipinski definition) is 5. The Hall–Kier alpha value is -1.28.